The van der Waals surface area contributed by atoms with Crippen LogP contribution in [-0.4, -0.2) is 70.1 Å². The maximum atomic E-state index is 13.2. The van der Waals surface area contributed by atoms with Gasteiger partial charge in [0.05, 0.1) is 30.2 Å². The number of carbonyl (C=O) groups excluding carboxylic acids is 1. The summed E-state index contributed by atoms with van der Waals surface area (Å²) < 4.78 is 55.3. The highest BCUT2D eigenvalue weighted by atomic mass is 32.2. The van der Waals surface area contributed by atoms with Gasteiger partial charge in [0.15, 0.2) is 9.84 Å². The van der Waals surface area contributed by atoms with E-state index >= 15 is 0 Å². The Labute approximate surface area is 203 Å². The second-order valence-electron chi connectivity index (χ2n) is 10.4. The summed E-state index contributed by atoms with van der Waals surface area (Å²) in [5.74, 6) is 0.0397. The molecule has 0 amide bonds. The van der Waals surface area contributed by atoms with Crippen LogP contribution in [0.5, 0.6) is 5.75 Å². The first kappa shape index (κ1) is 28.3. The number of ether oxygens (including phenoxy) is 3. The Morgan fingerprint density at radius 1 is 1.09 bits per heavy atom. The minimum absolute atomic E-state index is 0.0248. The molecule has 0 aliphatic carbocycles. The quantitative estimate of drug-likeness (QED) is 0.423. The van der Waals surface area contributed by atoms with E-state index in [0.717, 1.165) is 13.1 Å². The molecule has 0 aromatic heterocycles. The van der Waals surface area contributed by atoms with E-state index in [1.165, 1.54) is 12.1 Å². The lowest BCUT2D eigenvalue weighted by molar-refractivity contribution is -0.154. The van der Waals surface area contributed by atoms with Crippen molar-refractivity contribution in [1.82, 2.24) is 4.90 Å². The van der Waals surface area contributed by atoms with Crippen LogP contribution in [0, 0.1) is 5.41 Å². The molecule has 1 saturated heterocycles. The minimum atomic E-state index is -3.49. The molecule has 0 saturated carbocycles. The van der Waals surface area contributed by atoms with E-state index in [1.54, 1.807) is 32.9 Å². The number of hydrogen-bond donors (Lipinski definition) is 0. The fourth-order valence-corrected chi connectivity index (χ4v) is 5.58. The Kier molecular flexibility index (Phi) is 10.1. The minimum Gasteiger partial charge on any atom is -0.489 e. The van der Waals surface area contributed by atoms with Crippen molar-refractivity contribution in [2.24, 2.45) is 5.41 Å². The molecule has 0 atom stereocenters. The van der Waals surface area contributed by atoms with Crippen molar-refractivity contribution in [2.75, 3.05) is 45.2 Å². The summed E-state index contributed by atoms with van der Waals surface area (Å²) in [4.78, 5) is 14.3. The Hall–Kier alpha value is -1.97. The van der Waals surface area contributed by atoms with E-state index in [1.807, 2.05) is 13.8 Å². The van der Waals surface area contributed by atoms with E-state index < -0.39 is 26.8 Å². The number of hydrogen-bond acceptors (Lipinski definition) is 7. The van der Waals surface area contributed by atoms with E-state index in [-0.39, 0.29) is 30.1 Å². The number of rotatable bonds is 11. The molecule has 1 aromatic carbocycles. The molecule has 1 aliphatic rings. The molecule has 7 nitrogen and oxygen atoms in total. The van der Waals surface area contributed by atoms with Gasteiger partial charge in [-0.3, -0.25) is 9.69 Å². The smallest absolute Gasteiger partial charge is 0.306 e. The highest BCUT2D eigenvalue weighted by molar-refractivity contribution is 7.91. The van der Waals surface area contributed by atoms with Crippen LogP contribution in [0.2, 0.25) is 0 Å². The molecule has 1 aromatic rings. The maximum absolute atomic E-state index is 13.2. The van der Waals surface area contributed by atoms with Crippen LogP contribution >= 0.6 is 0 Å². The zero-order valence-electron chi connectivity index (χ0n) is 20.9. The van der Waals surface area contributed by atoms with Gasteiger partial charge in [0.25, 0.3) is 0 Å². The van der Waals surface area contributed by atoms with Crippen LogP contribution in [0.15, 0.2) is 41.1 Å². The maximum Gasteiger partial charge on any atom is 0.306 e. The molecular formula is C25H38FNO6S. The van der Waals surface area contributed by atoms with Gasteiger partial charge in [0.1, 0.15) is 18.0 Å². The molecule has 2 rings (SSSR count). The van der Waals surface area contributed by atoms with Crippen LogP contribution in [0.4, 0.5) is 4.39 Å². The van der Waals surface area contributed by atoms with Crippen molar-refractivity contribution in [3.63, 3.8) is 0 Å². The Morgan fingerprint density at radius 2 is 1.71 bits per heavy atom. The molecule has 0 radical (unpaired) electrons. The Balaban J connectivity index is 1.88. The molecule has 34 heavy (non-hydrogen) atoms. The van der Waals surface area contributed by atoms with E-state index in [2.05, 4.69) is 4.90 Å². The van der Waals surface area contributed by atoms with Gasteiger partial charge < -0.3 is 14.2 Å². The van der Waals surface area contributed by atoms with Crippen LogP contribution in [-0.2, 0) is 24.1 Å². The van der Waals surface area contributed by atoms with Crippen molar-refractivity contribution >= 4 is 15.8 Å². The van der Waals surface area contributed by atoms with E-state index in [0.29, 0.717) is 37.4 Å². The summed E-state index contributed by atoms with van der Waals surface area (Å²) in [5.41, 5.74) is -0.694. The van der Waals surface area contributed by atoms with E-state index in [9.17, 15) is 17.6 Å². The monoisotopic (exact) mass is 499 g/mol. The molecule has 0 spiro atoms. The Bertz CT molecular complexity index is 929. The first-order valence-electron chi connectivity index (χ1n) is 11.6. The summed E-state index contributed by atoms with van der Waals surface area (Å²) >= 11 is 0. The summed E-state index contributed by atoms with van der Waals surface area (Å²) in [5, 5.41) is 0. The predicted molar refractivity (Wildman–Crippen MR) is 129 cm³/mol. The van der Waals surface area contributed by atoms with E-state index in [4.69, 9.17) is 14.2 Å². The normalized spacial score (nSPS) is 16.4. The predicted octanol–water partition coefficient (Wildman–Crippen LogP) is 4.17. The van der Waals surface area contributed by atoms with Gasteiger partial charge in [-0.15, -0.1) is 0 Å². The molecule has 192 valence electrons. The van der Waals surface area contributed by atoms with Gasteiger partial charge in [-0.05, 0) is 62.4 Å². The van der Waals surface area contributed by atoms with Crippen LogP contribution in [0.3, 0.4) is 0 Å². The number of benzene rings is 1. The number of halogens is 1. The lowest BCUT2D eigenvalue weighted by atomic mass is 9.95. The molecule has 0 N–H and O–H groups in total. The van der Waals surface area contributed by atoms with Gasteiger partial charge >= 0.3 is 5.97 Å². The third kappa shape index (κ3) is 10.1. The molecule has 0 bridgehead atoms. The lowest BCUT2D eigenvalue weighted by Gasteiger charge is -2.34. The third-order valence-corrected chi connectivity index (χ3v) is 7.32. The number of esters is 1. The molecule has 0 unspecified atom stereocenters. The van der Waals surface area contributed by atoms with Gasteiger partial charge in [0, 0.05) is 26.1 Å². The average molecular weight is 500 g/mol. The van der Waals surface area contributed by atoms with Crippen molar-refractivity contribution in [1.29, 1.82) is 0 Å². The molecule has 1 fully saturated rings. The van der Waals surface area contributed by atoms with Crippen molar-refractivity contribution in [3.05, 3.63) is 36.2 Å². The summed E-state index contributed by atoms with van der Waals surface area (Å²) in [6, 6.07) is 6.14. The third-order valence-electron chi connectivity index (χ3n) is 5.17. The SMILES string of the molecule is CC(C)(CN1CCOCC1)CS(=O)(=O)c1ccc(OC/C(=C/F)CCC(=O)OC(C)(C)C)cc1. The fraction of sp³-hybridized carbons (Fsp3) is 0.640. The number of carbonyl (C=O) groups is 1. The largest absolute Gasteiger partial charge is 0.489 e. The number of sulfone groups is 1. The second-order valence-corrected chi connectivity index (χ2v) is 12.4. The molecule has 1 aliphatic heterocycles. The van der Waals surface area contributed by atoms with Crippen LogP contribution < -0.4 is 4.74 Å². The first-order chi connectivity index (χ1) is 15.8. The summed E-state index contributed by atoms with van der Waals surface area (Å²) in [7, 11) is -3.49. The lowest BCUT2D eigenvalue weighted by Crippen LogP contribution is -2.44. The standard InChI is InChI=1S/C25H38FNO6S/c1-24(2,3)33-23(28)11-6-20(16-26)17-32-21-7-9-22(10-8-21)34(29,30)19-25(4,5)18-27-12-14-31-15-13-27/h7-10,16H,6,11-15,17-19H2,1-5H3/b20-16+. The fourth-order valence-electron chi connectivity index (χ4n) is 3.74. The zero-order chi connectivity index (χ0) is 25.4. The average Bonchev–Trinajstić information content (AvgIpc) is 2.72. The van der Waals surface area contributed by atoms with Gasteiger partial charge in [-0.2, -0.15) is 0 Å². The molecule has 1 heterocycles. The number of nitrogens with zero attached hydrogens (tertiary/aromatic N) is 1. The molecule has 9 heteroatoms. The van der Waals surface area contributed by atoms with Gasteiger partial charge in [-0.25, -0.2) is 12.8 Å². The van der Waals surface area contributed by atoms with Crippen LogP contribution in [0.1, 0.15) is 47.5 Å². The highest BCUT2D eigenvalue weighted by Crippen LogP contribution is 2.26. The van der Waals surface area contributed by atoms with Crippen molar-refractivity contribution < 1.29 is 31.8 Å². The van der Waals surface area contributed by atoms with Crippen LogP contribution in [0.25, 0.3) is 0 Å². The van der Waals surface area contributed by atoms with Gasteiger partial charge in [-0.1, -0.05) is 13.8 Å². The van der Waals surface area contributed by atoms with Gasteiger partial charge in [0.2, 0.25) is 0 Å². The first-order valence-corrected chi connectivity index (χ1v) is 13.2. The number of morpholine rings is 1. The summed E-state index contributed by atoms with van der Waals surface area (Å²) in [6.07, 6.45) is 0.656. The second kappa shape index (κ2) is 12.1. The van der Waals surface area contributed by atoms with Crippen molar-refractivity contribution in [3.8, 4) is 5.75 Å². The highest BCUT2D eigenvalue weighted by Gasteiger charge is 2.30. The Morgan fingerprint density at radius 3 is 2.26 bits per heavy atom. The summed E-state index contributed by atoms with van der Waals surface area (Å²) in [6.45, 7) is 12.8. The molecular weight excluding hydrogens is 461 g/mol. The topological polar surface area (TPSA) is 82.1 Å². The zero-order valence-corrected chi connectivity index (χ0v) is 21.8. The van der Waals surface area contributed by atoms with Crippen molar-refractivity contribution in [2.45, 2.75) is 58.0 Å².